The van der Waals surface area contributed by atoms with Gasteiger partial charge in [-0.1, -0.05) is 6.07 Å². The number of ether oxygens (including phenoxy) is 2. The normalized spacial score (nSPS) is 18.3. The van der Waals surface area contributed by atoms with Gasteiger partial charge in [-0.3, -0.25) is 4.79 Å². The first-order chi connectivity index (χ1) is 10.1. The third-order valence-electron chi connectivity index (χ3n) is 3.70. The number of aliphatic hydroxyl groups is 1. The summed E-state index contributed by atoms with van der Waals surface area (Å²) in [5.74, 6) is 0.739. The highest BCUT2D eigenvalue weighted by molar-refractivity contribution is 5.90. The maximum atomic E-state index is 13.9. The van der Waals surface area contributed by atoms with Crippen LogP contribution in [0, 0.1) is 11.7 Å². The zero-order valence-electron chi connectivity index (χ0n) is 12.0. The van der Waals surface area contributed by atoms with E-state index in [4.69, 9.17) is 14.6 Å². The number of halogens is 1. The highest BCUT2D eigenvalue weighted by Gasteiger charge is 2.23. The number of aryl methyl sites for hydroxylation is 1. The van der Waals surface area contributed by atoms with Gasteiger partial charge >= 0.3 is 0 Å². The van der Waals surface area contributed by atoms with Crippen molar-refractivity contribution in [2.24, 2.45) is 5.92 Å². The molecule has 0 heterocycles. The minimum absolute atomic E-state index is 0.00493. The number of rotatable bonds is 6. The van der Waals surface area contributed by atoms with Gasteiger partial charge in [0.15, 0.2) is 12.6 Å². The summed E-state index contributed by atoms with van der Waals surface area (Å²) >= 11 is 0. The molecule has 1 aliphatic carbocycles. The lowest BCUT2D eigenvalue weighted by molar-refractivity contribution is -0.116. The third kappa shape index (κ3) is 4.04. The van der Waals surface area contributed by atoms with Gasteiger partial charge in [0, 0.05) is 24.5 Å². The van der Waals surface area contributed by atoms with Gasteiger partial charge in [0.2, 0.25) is 0 Å². The highest BCUT2D eigenvalue weighted by Crippen LogP contribution is 2.29. The number of benzene rings is 1. The molecule has 0 saturated heterocycles. The predicted molar refractivity (Wildman–Crippen MR) is 75.3 cm³/mol. The lowest BCUT2D eigenvalue weighted by Gasteiger charge is -2.23. The van der Waals surface area contributed by atoms with Gasteiger partial charge in [-0.15, -0.1) is 0 Å². The Balaban J connectivity index is 2.01. The fourth-order valence-corrected chi connectivity index (χ4v) is 2.52. The molecule has 5 heteroatoms. The van der Waals surface area contributed by atoms with Crippen LogP contribution in [-0.2, 0) is 16.0 Å². The maximum Gasteiger partial charge on any atom is 0.185 e. The van der Waals surface area contributed by atoms with E-state index in [1.807, 2.05) is 0 Å². The van der Waals surface area contributed by atoms with Gasteiger partial charge < -0.3 is 14.6 Å². The van der Waals surface area contributed by atoms with Gasteiger partial charge in [-0.25, -0.2) is 4.39 Å². The van der Waals surface area contributed by atoms with Crippen molar-refractivity contribution >= 4 is 5.78 Å². The molecular formula is C16H19FO4. The van der Waals surface area contributed by atoms with E-state index in [2.05, 4.69) is 0 Å². The van der Waals surface area contributed by atoms with Crippen LogP contribution in [0.3, 0.4) is 0 Å². The van der Waals surface area contributed by atoms with E-state index in [1.54, 1.807) is 12.1 Å². The van der Waals surface area contributed by atoms with Gasteiger partial charge in [0.1, 0.15) is 17.3 Å². The van der Waals surface area contributed by atoms with E-state index in [9.17, 15) is 9.18 Å². The Kier molecular flexibility index (Phi) is 5.33. The zero-order valence-corrected chi connectivity index (χ0v) is 12.0. The van der Waals surface area contributed by atoms with Gasteiger partial charge in [-0.2, -0.15) is 0 Å². The van der Waals surface area contributed by atoms with Crippen molar-refractivity contribution in [3.05, 3.63) is 41.4 Å². The van der Waals surface area contributed by atoms with Gasteiger partial charge in [-0.05, 0) is 30.9 Å². The van der Waals surface area contributed by atoms with E-state index in [0.29, 0.717) is 42.8 Å². The molecule has 0 spiro atoms. The van der Waals surface area contributed by atoms with Crippen molar-refractivity contribution < 1.29 is 23.8 Å². The first-order valence-corrected chi connectivity index (χ1v) is 6.94. The molecular weight excluding hydrogens is 275 g/mol. The quantitative estimate of drug-likeness (QED) is 0.819. The molecule has 2 rings (SSSR count). The zero-order chi connectivity index (χ0) is 15.2. The molecule has 114 valence electrons. The van der Waals surface area contributed by atoms with Crippen LogP contribution in [-0.4, -0.2) is 24.8 Å². The Morgan fingerprint density at radius 3 is 2.90 bits per heavy atom. The Morgan fingerprint density at radius 1 is 1.43 bits per heavy atom. The van der Waals surface area contributed by atoms with Crippen LogP contribution in [0.4, 0.5) is 4.39 Å². The average molecular weight is 294 g/mol. The number of carbonyl (C=O) groups excluding carboxylic acids is 1. The topological polar surface area (TPSA) is 55.8 Å². The lowest BCUT2D eigenvalue weighted by Crippen LogP contribution is -2.17. The molecule has 0 aromatic heterocycles. The molecule has 4 nitrogen and oxygen atoms in total. The fourth-order valence-electron chi connectivity index (χ4n) is 2.52. The largest absolute Gasteiger partial charge is 0.497 e. The smallest absolute Gasteiger partial charge is 0.185 e. The molecule has 1 unspecified atom stereocenters. The molecule has 1 atom stereocenters. The third-order valence-corrected chi connectivity index (χ3v) is 3.70. The van der Waals surface area contributed by atoms with E-state index < -0.39 is 6.79 Å². The second kappa shape index (κ2) is 7.22. The van der Waals surface area contributed by atoms with Crippen LogP contribution in [0.2, 0.25) is 0 Å². The molecule has 1 aromatic rings. The molecule has 1 aromatic carbocycles. The summed E-state index contributed by atoms with van der Waals surface area (Å²) in [5, 5.41) is 8.86. The Labute approximate surface area is 123 Å². The molecule has 0 bridgehead atoms. The molecule has 1 aliphatic rings. The average Bonchev–Trinajstić information content (AvgIpc) is 2.48. The summed E-state index contributed by atoms with van der Waals surface area (Å²) < 4.78 is 24.0. The van der Waals surface area contributed by atoms with Crippen LogP contribution in [0.5, 0.6) is 5.75 Å². The van der Waals surface area contributed by atoms with Crippen LogP contribution >= 0.6 is 0 Å². The molecule has 1 N–H and O–H groups in total. The summed E-state index contributed by atoms with van der Waals surface area (Å²) in [6.45, 7) is -0.452. The fraction of sp³-hybridized carbons (Fsp3) is 0.438. The van der Waals surface area contributed by atoms with Crippen molar-refractivity contribution in [2.45, 2.75) is 25.7 Å². The standard InChI is InChI=1S/C16H19FO4/c1-20-14-7-5-11(15(17)9-14)2-3-12-4-6-13(19)8-16(12)21-10-18/h5,7-9,12,18H,2-4,6,10H2,1H3. The SMILES string of the molecule is COc1ccc(CCC2CCC(=O)C=C2OCO)c(F)c1. The van der Waals surface area contributed by atoms with E-state index in [-0.39, 0.29) is 17.5 Å². The summed E-state index contributed by atoms with van der Waals surface area (Å²) in [5.41, 5.74) is 0.607. The van der Waals surface area contributed by atoms with Gasteiger partial charge in [0.05, 0.1) is 7.11 Å². The van der Waals surface area contributed by atoms with Crippen molar-refractivity contribution in [2.75, 3.05) is 13.9 Å². The number of ketones is 1. The molecule has 0 fully saturated rings. The molecule has 0 amide bonds. The number of hydrogen-bond acceptors (Lipinski definition) is 4. The number of hydrogen-bond donors (Lipinski definition) is 1. The van der Waals surface area contributed by atoms with Crippen LogP contribution < -0.4 is 4.74 Å². The Hall–Kier alpha value is -1.88. The summed E-state index contributed by atoms with van der Waals surface area (Å²) in [7, 11) is 1.50. The molecule has 0 saturated carbocycles. The Bertz CT molecular complexity index is 539. The summed E-state index contributed by atoms with van der Waals surface area (Å²) in [6.07, 6.45) is 3.79. The van der Waals surface area contributed by atoms with Crippen LogP contribution in [0.1, 0.15) is 24.8 Å². The van der Waals surface area contributed by atoms with Crippen molar-refractivity contribution in [1.82, 2.24) is 0 Å². The minimum Gasteiger partial charge on any atom is -0.497 e. The first-order valence-electron chi connectivity index (χ1n) is 6.94. The van der Waals surface area contributed by atoms with E-state index >= 15 is 0 Å². The van der Waals surface area contributed by atoms with Crippen molar-refractivity contribution in [3.8, 4) is 5.75 Å². The second-order valence-electron chi connectivity index (χ2n) is 5.02. The van der Waals surface area contributed by atoms with E-state index in [0.717, 1.165) is 0 Å². The number of carbonyl (C=O) groups is 1. The maximum absolute atomic E-state index is 13.9. The van der Waals surface area contributed by atoms with Crippen molar-refractivity contribution in [1.29, 1.82) is 0 Å². The highest BCUT2D eigenvalue weighted by atomic mass is 19.1. The second-order valence-corrected chi connectivity index (χ2v) is 5.02. The van der Waals surface area contributed by atoms with Crippen LogP contribution in [0.25, 0.3) is 0 Å². The summed E-state index contributed by atoms with van der Waals surface area (Å²) in [6, 6.07) is 4.79. The molecule has 0 aliphatic heterocycles. The molecule has 0 radical (unpaired) electrons. The number of allylic oxidation sites excluding steroid dienone is 2. The van der Waals surface area contributed by atoms with Crippen LogP contribution in [0.15, 0.2) is 30.0 Å². The lowest BCUT2D eigenvalue weighted by atomic mass is 9.88. The molecule has 21 heavy (non-hydrogen) atoms. The predicted octanol–water partition coefficient (Wildman–Crippen LogP) is 2.60. The van der Waals surface area contributed by atoms with Gasteiger partial charge in [0.25, 0.3) is 0 Å². The number of aliphatic hydroxyl groups excluding tert-OH is 1. The van der Waals surface area contributed by atoms with Crippen molar-refractivity contribution in [3.63, 3.8) is 0 Å². The summed E-state index contributed by atoms with van der Waals surface area (Å²) in [4.78, 5) is 11.4. The number of methoxy groups -OCH3 is 1. The first kappa shape index (κ1) is 15.5. The van der Waals surface area contributed by atoms with E-state index in [1.165, 1.54) is 19.3 Å². The monoisotopic (exact) mass is 294 g/mol. The minimum atomic E-state index is -0.452. The Morgan fingerprint density at radius 2 is 2.24 bits per heavy atom.